The Morgan fingerprint density at radius 1 is 1.55 bits per heavy atom. The predicted molar refractivity (Wildman–Crippen MR) is 75.3 cm³/mol. The normalized spacial score (nSPS) is 12.2. The zero-order valence-electron chi connectivity index (χ0n) is 12.4. The highest BCUT2D eigenvalue weighted by Crippen LogP contribution is 2.25. The SMILES string of the molecule is Cc1oc(NC(=O)CN(C)CCC(C)O)c(C#N)c1C. The van der Waals surface area contributed by atoms with E-state index in [1.165, 1.54) is 0 Å². The Kier molecular flexibility index (Phi) is 5.74. The molecular weight excluding hydrogens is 258 g/mol. The van der Waals surface area contributed by atoms with Crippen LogP contribution in [0.3, 0.4) is 0 Å². The minimum Gasteiger partial charge on any atom is -0.444 e. The molecule has 1 atom stereocenters. The summed E-state index contributed by atoms with van der Waals surface area (Å²) in [6.45, 7) is 6.03. The average molecular weight is 279 g/mol. The second-order valence-corrected chi connectivity index (χ2v) is 5.02. The minimum atomic E-state index is -0.388. The molecule has 1 heterocycles. The zero-order valence-corrected chi connectivity index (χ0v) is 12.4. The third-order valence-electron chi connectivity index (χ3n) is 3.09. The molecule has 0 saturated carbocycles. The largest absolute Gasteiger partial charge is 0.444 e. The van der Waals surface area contributed by atoms with Crippen LogP contribution in [0.1, 0.15) is 30.2 Å². The van der Waals surface area contributed by atoms with Crippen LogP contribution < -0.4 is 5.32 Å². The number of furan rings is 1. The maximum atomic E-state index is 11.9. The summed E-state index contributed by atoms with van der Waals surface area (Å²) in [6, 6.07) is 2.03. The lowest BCUT2D eigenvalue weighted by atomic mass is 10.2. The van der Waals surface area contributed by atoms with Crippen LogP contribution in [-0.2, 0) is 4.79 Å². The van der Waals surface area contributed by atoms with E-state index < -0.39 is 0 Å². The monoisotopic (exact) mass is 279 g/mol. The molecule has 0 aliphatic heterocycles. The number of amides is 1. The van der Waals surface area contributed by atoms with Crippen molar-refractivity contribution in [2.75, 3.05) is 25.5 Å². The molecule has 0 radical (unpaired) electrons. The molecule has 1 rings (SSSR count). The molecule has 0 bridgehead atoms. The van der Waals surface area contributed by atoms with E-state index in [1.54, 1.807) is 32.7 Å². The van der Waals surface area contributed by atoms with Gasteiger partial charge in [0.25, 0.3) is 0 Å². The second kappa shape index (κ2) is 7.08. The summed E-state index contributed by atoms with van der Waals surface area (Å²) in [5.41, 5.74) is 1.10. The first-order chi connectivity index (χ1) is 9.35. The zero-order chi connectivity index (χ0) is 15.3. The molecule has 1 amide bonds. The Hall–Kier alpha value is -1.84. The predicted octanol–water partition coefficient (Wildman–Crippen LogP) is 1.41. The third kappa shape index (κ3) is 4.37. The number of aliphatic hydroxyl groups is 1. The van der Waals surface area contributed by atoms with E-state index in [9.17, 15) is 9.90 Å². The standard InChI is InChI=1S/C14H21N3O3/c1-9(18)5-6-17(4)8-13(19)16-14-12(7-15)10(2)11(3)20-14/h9,18H,5-6,8H2,1-4H3,(H,16,19). The van der Waals surface area contributed by atoms with Gasteiger partial charge in [-0.1, -0.05) is 0 Å². The van der Waals surface area contributed by atoms with Gasteiger partial charge in [-0.05, 0) is 34.2 Å². The van der Waals surface area contributed by atoms with Crippen LogP contribution in [0.15, 0.2) is 4.42 Å². The fraction of sp³-hybridized carbons (Fsp3) is 0.571. The maximum Gasteiger partial charge on any atom is 0.240 e. The molecule has 1 aromatic heterocycles. The number of hydrogen-bond donors (Lipinski definition) is 2. The summed E-state index contributed by atoms with van der Waals surface area (Å²) in [7, 11) is 1.80. The average Bonchev–Trinajstić information content (AvgIpc) is 2.61. The van der Waals surface area contributed by atoms with Crippen molar-refractivity contribution in [3.63, 3.8) is 0 Å². The highest BCUT2D eigenvalue weighted by molar-refractivity contribution is 5.92. The van der Waals surface area contributed by atoms with Crippen LogP contribution in [0.2, 0.25) is 0 Å². The summed E-state index contributed by atoms with van der Waals surface area (Å²) in [5, 5.41) is 20.9. The van der Waals surface area contributed by atoms with Gasteiger partial charge in [-0.15, -0.1) is 0 Å². The van der Waals surface area contributed by atoms with Gasteiger partial charge >= 0.3 is 0 Å². The minimum absolute atomic E-state index is 0.177. The van der Waals surface area contributed by atoms with Gasteiger partial charge in [0, 0.05) is 12.1 Å². The van der Waals surface area contributed by atoms with Crippen LogP contribution in [0.4, 0.5) is 5.88 Å². The molecule has 1 aromatic rings. The molecule has 2 N–H and O–H groups in total. The number of aliphatic hydroxyl groups excluding tert-OH is 1. The number of anilines is 1. The Bertz CT molecular complexity index is 514. The molecule has 1 unspecified atom stereocenters. The first-order valence-electron chi connectivity index (χ1n) is 6.51. The number of aryl methyl sites for hydroxylation is 1. The molecule has 6 heteroatoms. The van der Waals surface area contributed by atoms with E-state index in [-0.39, 0.29) is 24.4 Å². The van der Waals surface area contributed by atoms with Crippen molar-refractivity contribution in [2.45, 2.75) is 33.3 Å². The first-order valence-corrected chi connectivity index (χ1v) is 6.51. The molecule has 0 spiro atoms. The van der Waals surface area contributed by atoms with Gasteiger partial charge in [-0.25, -0.2) is 0 Å². The lowest BCUT2D eigenvalue weighted by Crippen LogP contribution is -2.32. The molecule has 0 aliphatic rings. The lowest BCUT2D eigenvalue weighted by Gasteiger charge is -2.16. The summed E-state index contributed by atoms with van der Waals surface area (Å²) in [6.07, 6.45) is 0.215. The first kappa shape index (κ1) is 16.2. The molecular formula is C14H21N3O3. The van der Waals surface area contributed by atoms with Crippen molar-refractivity contribution in [1.82, 2.24) is 4.90 Å². The van der Waals surface area contributed by atoms with Crippen LogP contribution in [0.5, 0.6) is 0 Å². The van der Waals surface area contributed by atoms with Crippen molar-refractivity contribution >= 4 is 11.8 Å². The fourth-order valence-corrected chi connectivity index (χ4v) is 1.75. The molecule has 0 fully saturated rings. The van der Waals surface area contributed by atoms with Crippen molar-refractivity contribution < 1.29 is 14.3 Å². The van der Waals surface area contributed by atoms with Crippen molar-refractivity contribution in [2.24, 2.45) is 0 Å². The van der Waals surface area contributed by atoms with Gasteiger partial charge in [0.05, 0.1) is 12.6 Å². The lowest BCUT2D eigenvalue weighted by molar-refractivity contribution is -0.117. The smallest absolute Gasteiger partial charge is 0.240 e. The van der Waals surface area contributed by atoms with E-state index in [1.807, 2.05) is 6.07 Å². The number of nitrogens with zero attached hydrogens (tertiary/aromatic N) is 2. The van der Waals surface area contributed by atoms with Crippen LogP contribution >= 0.6 is 0 Å². The quantitative estimate of drug-likeness (QED) is 0.821. The van der Waals surface area contributed by atoms with Crippen molar-refractivity contribution in [3.8, 4) is 6.07 Å². The van der Waals surface area contributed by atoms with Crippen LogP contribution in [-0.4, -0.2) is 42.2 Å². The number of hydrogen-bond acceptors (Lipinski definition) is 5. The van der Waals surface area contributed by atoms with Gasteiger partial charge in [0.15, 0.2) is 0 Å². The summed E-state index contributed by atoms with van der Waals surface area (Å²) >= 11 is 0. The Labute approximate surface area is 119 Å². The molecule has 0 aliphatic carbocycles. The number of nitrogens with one attached hydrogen (secondary N) is 1. The molecule has 110 valence electrons. The number of nitriles is 1. The molecule has 0 saturated heterocycles. The van der Waals surface area contributed by atoms with E-state index in [0.717, 1.165) is 5.56 Å². The van der Waals surface area contributed by atoms with E-state index >= 15 is 0 Å². The number of carbonyl (C=O) groups is 1. The van der Waals surface area contributed by atoms with Gasteiger partial charge in [-0.2, -0.15) is 5.26 Å². The Morgan fingerprint density at radius 2 is 2.20 bits per heavy atom. The summed E-state index contributed by atoms with van der Waals surface area (Å²) in [5.74, 6) is 0.582. The van der Waals surface area contributed by atoms with Gasteiger partial charge in [0.1, 0.15) is 17.4 Å². The molecule has 20 heavy (non-hydrogen) atoms. The Morgan fingerprint density at radius 3 is 2.75 bits per heavy atom. The summed E-state index contributed by atoms with van der Waals surface area (Å²) < 4.78 is 5.37. The number of likely N-dealkylation sites (N-methyl/N-ethyl adjacent to an activating group) is 1. The topological polar surface area (TPSA) is 89.5 Å². The van der Waals surface area contributed by atoms with E-state index in [4.69, 9.17) is 9.68 Å². The highest BCUT2D eigenvalue weighted by Gasteiger charge is 2.17. The van der Waals surface area contributed by atoms with Gasteiger partial charge < -0.3 is 9.52 Å². The maximum absolute atomic E-state index is 11.9. The number of carbonyl (C=O) groups excluding carboxylic acids is 1. The summed E-state index contributed by atoms with van der Waals surface area (Å²) in [4.78, 5) is 13.7. The van der Waals surface area contributed by atoms with Crippen LogP contribution in [0, 0.1) is 25.2 Å². The van der Waals surface area contributed by atoms with Crippen molar-refractivity contribution in [1.29, 1.82) is 5.26 Å². The molecule has 6 nitrogen and oxygen atoms in total. The third-order valence-corrected chi connectivity index (χ3v) is 3.09. The van der Waals surface area contributed by atoms with E-state index in [0.29, 0.717) is 24.3 Å². The van der Waals surface area contributed by atoms with Gasteiger partial charge in [-0.3, -0.25) is 15.0 Å². The highest BCUT2D eigenvalue weighted by atomic mass is 16.4. The fourth-order valence-electron chi connectivity index (χ4n) is 1.75. The van der Waals surface area contributed by atoms with Crippen LogP contribution in [0.25, 0.3) is 0 Å². The van der Waals surface area contributed by atoms with Crippen molar-refractivity contribution in [3.05, 3.63) is 16.9 Å². The second-order valence-electron chi connectivity index (χ2n) is 5.02. The van der Waals surface area contributed by atoms with Gasteiger partial charge in [0.2, 0.25) is 11.8 Å². The van der Waals surface area contributed by atoms with E-state index in [2.05, 4.69) is 5.32 Å². The molecule has 0 aromatic carbocycles. The number of rotatable bonds is 6. The Balaban J connectivity index is 2.59.